The normalized spacial score (nSPS) is 13.3. The molecule has 1 aromatic carbocycles. The molecule has 0 radical (unpaired) electrons. The number of pyridine rings is 1. The van der Waals surface area contributed by atoms with Crippen LogP contribution in [0.3, 0.4) is 0 Å². The molecule has 3 aromatic heterocycles. The highest BCUT2D eigenvalue weighted by Crippen LogP contribution is 2.31. The molecule has 4 aromatic rings. The maximum absolute atomic E-state index is 12.4. The van der Waals surface area contributed by atoms with E-state index in [1.54, 1.807) is 24.4 Å². The molecule has 0 bridgehead atoms. The lowest BCUT2D eigenvalue weighted by molar-refractivity contribution is 0.0946. The number of aromatic nitrogens is 4. The Bertz CT molecular complexity index is 1260. The number of fused-ring (bicyclic) bond motifs is 1. The molecule has 2 atom stereocenters. The van der Waals surface area contributed by atoms with Crippen LogP contribution < -0.4 is 10.0 Å². The van der Waals surface area contributed by atoms with Gasteiger partial charge in [0.2, 0.25) is 11.3 Å². The third kappa shape index (κ3) is 4.78. The van der Waals surface area contributed by atoms with Crippen molar-refractivity contribution in [1.29, 1.82) is 0 Å². The summed E-state index contributed by atoms with van der Waals surface area (Å²) in [5.41, 5.74) is 1.93. The van der Waals surface area contributed by atoms with Crippen LogP contribution in [0.2, 0.25) is 5.02 Å². The van der Waals surface area contributed by atoms with E-state index in [2.05, 4.69) is 30.3 Å². The number of benzene rings is 1. The molecule has 31 heavy (non-hydrogen) atoms. The van der Waals surface area contributed by atoms with Gasteiger partial charge in [0.25, 0.3) is 5.91 Å². The highest BCUT2D eigenvalue weighted by Gasteiger charge is 2.23. The van der Waals surface area contributed by atoms with Crippen LogP contribution in [-0.4, -0.2) is 35.0 Å². The Labute approximate surface area is 187 Å². The zero-order valence-electron chi connectivity index (χ0n) is 15.9. The Balaban J connectivity index is 1.58. The summed E-state index contributed by atoms with van der Waals surface area (Å²) in [6, 6.07) is 5.64. The second kappa shape index (κ2) is 9.16. The predicted octanol–water partition coefficient (Wildman–Crippen LogP) is 2.78. The number of amides is 1. The molecular weight excluding hydrogens is 464 g/mol. The van der Waals surface area contributed by atoms with Crippen LogP contribution in [0, 0.1) is 6.92 Å². The van der Waals surface area contributed by atoms with E-state index < -0.39 is 17.3 Å². The van der Waals surface area contributed by atoms with Gasteiger partial charge in [0.05, 0.1) is 22.6 Å². The van der Waals surface area contributed by atoms with Gasteiger partial charge in [-0.15, -0.1) is 11.3 Å². The van der Waals surface area contributed by atoms with Crippen LogP contribution in [0.5, 0.6) is 0 Å². The summed E-state index contributed by atoms with van der Waals surface area (Å²) in [5, 5.41) is 11.7. The fourth-order valence-corrected chi connectivity index (χ4v) is 4.34. The Morgan fingerprint density at radius 1 is 1.23 bits per heavy atom. The fraction of sp³-hybridized carbons (Fsp3) is 0.167. The fourth-order valence-electron chi connectivity index (χ4n) is 2.96. The minimum atomic E-state index is -2.34. The minimum Gasteiger partial charge on any atom is -0.346 e. The summed E-state index contributed by atoms with van der Waals surface area (Å²) in [4.78, 5) is 21.7. The first-order valence-electron chi connectivity index (χ1n) is 8.85. The van der Waals surface area contributed by atoms with E-state index in [4.69, 9.17) is 16.2 Å². The molecule has 0 saturated carbocycles. The van der Waals surface area contributed by atoms with Crippen molar-refractivity contribution in [1.82, 2.24) is 30.3 Å². The SMILES string of the molecule is Cc1ncc(CNC(=O)c2ccc(C(NS(=O)O)c3ccc(Cl)c4nonc34)cn2)s1. The molecule has 1 amide bonds. The van der Waals surface area contributed by atoms with Gasteiger partial charge in [0.1, 0.15) is 11.2 Å². The second-order valence-electron chi connectivity index (χ2n) is 6.40. The van der Waals surface area contributed by atoms with Gasteiger partial charge >= 0.3 is 0 Å². The van der Waals surface area contributed by atoms with Crippen molar-refractivity contribution in [3.05, 3.63) is 68.4 Å². The molecule has 13 heteroatoms. The quantitative estimate of drug-likeness (QED) is 0.344. The zero-order valence-corrected chi connectivity index (χ0v) is 18.3. The monoisotopic (exact) mass is 478 g/mol. The number of halogens is 1. The van der Waals surface area contributed by atoms with Gasteiger partial charge in [-0.05, 0) is 34.9 Å². The summed E-state index contributed by atoms with van der Waals surface area (Å²) < 4.78 is 28.3. The number of hydrogen-bond acceptors (Lipinski definition) is 8. The Kier molecular flexibility index (Phi) is 6.34. The van der Waals surface area contributed by atoms with E-state index in [0.29, 0.717) is 33.7 Å². The van der Waals surface area contributed by atoms with Crippen molar-refractivity contribution in [3.63, 3.8) is 0 Å². The standard InChI is InChI=1S/C18H15ClN6O4S2/c1-9-20-7-11(30-9)8-22-18(26)14-5-2-10(6-21-14)15(25-31(27)28)12-3-4-13(19)17-16(12)23-29-24-17/h2-7,15,25H,8H2,1H3,(H,22,26)(H,27,28). The number of aryl methyl sites for hydroxylation is 1. The Morgan fingerprint density at radius 2 is 2.03 bits per heavy atom. The third-order valence-electron chi connectivity index (χ3n) is 4.37. The highest BCUT2D eigenvalue weighted by molar-refractivity contribution is 7.77. The van der Waals surface area contributed by atoms with E-state index in [1.807, 2.05) is 6.92 Å². The molecule has 4 rings (SSSR count). The van der Waals surface area contributed by atoms with E-state index >= 15 is 0 Å². The summed E-state index contributed by atoms with van der Waals surface area (Å²) in [6.07, 6.45) is 3.16. The van der Waals surface area contributed by atoms with Gasteiger partial charge in [-0.25, -0.2) is 18.5 Å². The first-order valence-corrected chi connectivity index (χ1v) is 11.2. The number of thiazole rings is 1. The van der Waals surface area contributed by atoms with Crippen LogP contribution >= 0.6 is 22.9 Å². The number of nitrogens with zero attached hydrogens (tertiary/aromatic N) is 4. The Hall–Kier alpha value is -2.77. The zero-order chi connectivity index (χ0) is 22.0. The molecule has 0 fully saturated rings. The summed E-state index contributed by atoms with van der Waals surface area (Å²) in [7, 11) is 0. The number of rotatable bonds is 7. The number of nitrogens with one attached hydrogen (secondary N) is 2. The second-order valence-corrected chi connectivity index (χ2v) is 8.86. The van der Waals surface area contributed by atoms with Crippen LogP contribution in [0.25, 0.3) is 11.0 Å². The van der Waals surface area contributed by atoms with E-state index in [0.717, 1.165) is 9.88 Å². The van der Waals surface area contributed by atoms with Gasteiger partial charge in [-0.2, -0.15) is 0 Å². The predicted molar refractivity (Wildman–Crippen MR) is 115 cm³/mol. The first kappa shape index (κ1) is 21.5. The van der Waals surface area contributed by atoms with E-state index in [1.165, 1.54) is 23.6 Å². The number of hydrogen-bond donors (Lipinski definition) is 3. The molecule has 0 aliphatic carbocycles. The van der Waals surface area contributed by atoms with Crippen LogP contribution in [0.15, 0.2) is 41.3 Å². The Morgan fingerprint density at radius 3 is 2.71 bits per heavy atom. The highest BCUT2D eigenvalue weighted by atomic mass is 35.5. The largest absolute Gasteiger partial charge is 0.346 e. The summed E-state index contributed by atoms with van der Waals surface area (Å²) in [6.45, 7) is 2.24. The van der Waals surface area contributed by atoms with Gasteiger partial charge in [0.15, 0.2) is 5.52 Å². The molecule has 3 N–H and O–H groups in total. The maximum atomic E-state index is 12.4. The van der Waals surface area contributed by atoms with Gasteiger partial charge in [-0.3, -0.25) is 14.3 Å². The van der Waals surface area contributed by atoms with Crippen molar-refractivity contribution in [2.24, 2.45) is 0 Å². The first-order chi connectivity index (χ1) is 14.9. The molecule has 3 heterocycles. The molecule has 2 unspecified atom stereocenters. The summed E-state index contributed by atoms with van der Waals surface area (Å²) >= 11 is 5.26. The van der Waals surface area contributed by atoms with Gasteiger partial charge in [0, 0.05) is 22.8 Å². The molecule has 160 valence electrons. The average Bonchev–Trinajstić information content (AvgIpc) is 3.41. The maximum Gasteiger partial charge on any atom is 0.270 e. The van der Waals surface area contributed by atoms with E-state index in [9.17, 15) is 13.6 Å². The number of carbonyl (C=O) groups excluding carboxylic acids is 1. The molecular formula is C18H15ClN6O4S2. The average molecular weight is 479 g/mol. The molecule has 0 spiro atoms. The van der Waals surface area contributed by atoms with Gasteiger partial charge < -0.3 is 5.32 Å². The van der Waals surface area contributed by atoms with Crippen molar-refractivity contribution in [2.45, 2.75) is 19.5 Å². The van der Waals surface area contributed by atoms with Gasteiger partial charge in [-0.1, -0.05) is 23.7 Å². The van der Waals surface area contributed by atoms with Crippen LogP contribution in [-0.2, 0) is 17.8 Å². The number of carbonyl (C=O) groups is 1. The van der Waals surface area contributed by atoms with Crippen molar-refractivity contribution < 1.29 is 18.2 Å². The lowest BCUT2D eigenvalue weighted by Gasteiger charge is -2.17. The van der Waals surface area contributed by atoms with Crippen molar-refractivity contribution in [2.75, 3.05) is 0 Å². The third-order valence-corrected chi connectivity index (χ3v) is 6.03. The van der Waals surface area contributed by atoms with Crippen molar-refractivity contribution in [3.8, 4) is 0 Å². The molecule has 0 aliphatic rings. The lowest BCUT2D eigenvalue weighted by atomic mass is 9.99. The van der Waals surface area contributed by atoms with Crippen LogP contribution in [0.1, 0.15) is 37.5 Å². The topological polar surface area (TPSA) is 143 Å². The van der Waals surface area contributed by atoms with Crippen LogP contribution in [0.4, 0.5) is 0 Å². The molecule has 10 nitrogen and oxygen atoms in total. The van der Waals surface area contributed by atoms with E-state index in [-0.39, 0.29) is 11.6 Å². The van der Waals surface area contributed by atoms with Crippen molar-refractivity contribution >= 4 is 51.1 Å². The molecule has 0 aliphatic heterocycles. The minimum absolute atomic E-state index is 0.207. The molecule has 0 saturated heterocycles. The lowest BCUT2D eigenvalue weighted by Crippen LogP contribution is -2.26. The smallest absolute Gasteiger partial charge is 0.270 e. The summed E-state index contributed by atoms with van der Waals surface area (Å²) in [5.74, 6) is -0.345.